The van der Waals surface area contributed by atoms with E-state index < -0.39 is 18.0 Å². The fraction of sp³-hybridized carbons (Fsp3) is 0.467. The average molecular weight is 278 g/mol. The highest BCUT2D eigenvalue weighted by Gasteiger charge is 2.18. The summed E-state index contributed by atoms with van der Waals surface area (Å²) in [6, 6.07) is 6.73. The van der Waals surface area contributed by atoms with Crippen molar-refractivity contribution in [3.8, 4) is 0 Å². The van der Waals surface area contributed by atoms with Crippen LogP contribution in [0.5, 0.6) is 0 Å². The van der Waals surface area contributed by atoms with E-state index in [-0.39, 0.29) is 0 Å². The summed E-state index contributed by atoms with van der Waals surface area (Å²) in [4.78, 5) is 22.5. The van der Waals surface area contributed by atoms with Gasteiger partial charge in [0.25, 0.3) is 0 Å². The second-order valence-electron chi connectivity index (χ2n) is 4.76. The van der Waals surface area contributed by atoms with Crippen LogP contribution in [-0.2, 0) is 11.2 Å². The van der Waals surface area contributed by atoms with Crippen LogP contribution in [0.1, 0.15) is 30.9 Å². The molecule has 0 aliphatic carbocycles. The van der Waals surface area contributed by atoms with Crippen LogP contribution >= 0.6 is 0 Å². The fourth-order valence-electron chi connectivity index (χ4n) is 1.96. The fourth-order valence-corrected chi connectivity index (χ4v) is 1.96. The van der Waals surface area contributed by atoms with Crippen molar-refractivity contribution in [2.24, 2.45) is 0 Å². The zero-order chi connectivity index (χ0) is 15.0. The van der Waals surface area contributed by atoms with Gasteiger partial charge in [0.2, 0.25) is 0 Å². The van der Waals surface area contributed by atoms with Gasteiger partial charge >= 0.3 is 12.0 Å². The van der Waals surface area contributed by atoms with Gasteiger partial charge in [-0.25, -0.2) is 9.59 Å². The van der Waals surface area contributed by atoms with Gasteiger partial charge in [-0.1, -0.05) is 37.6 Å². The molecule has 0 fully saturated rings. The van der Waals surface area contributed by atoms with Crippen molar-refractivity contribution >= 4 is 12.0 Å². The SMILES string of the molecule is CCCC(NC(=O)NCCc1ccccc1C)C(=O)O. The molecule has 5 nitrogen and oxygen atoms in total. The van der Waals surface area contributed by atoms with Crippen molar-refractivity contribution in [2.45, 2.75) is 39.2 Å². The number of hydrogen-bond donors (Lipinski definition) is 3. The minimum atomic E-state index is -0.999. The zero-order valence-corrected chi connectivity index (χ0v) is 12.0. The number of rotatable bonds is 7. The summed E-state index contributed by atoms with van der Waals surface area (Å²) in [6.07, 6.45) is 1.87. The molecular formula is C15H22N2O3. The number of hydrogen-bond acceptors (Lipinski definition) is 2. The van der Waals surface area contributed by atoms with Gasteiger partial charge in [-0.15, -0.1) is 0 Å². The molecule has 0 aliphatic heterocycles. The van der Waals surface area contributed by atoms with Crippen LogP contribution in [0.15, 0.2) is 24.3 Å². The standard InChI is InChI=1S/C15H22N2O3/c1-3-6-13(14(18)19)17-15(20)16-10-9-12-8-5-4-7-11(12)2/h4-5,7-8,13H,3,6,9-10H2,1-2H3,(H,18,19)(H2,16,17,20). The predicted molar refractivity (Wildman–Crippen MR) is 77.7 cm³/mol. The van der Waals surface area contributed by atoms with Crippen LogP contribution < -0.4 is 10.6 Å². The average Bonchev–Trinajstić information content (AvgIpc) is 2.40. The third-order valence-electron chi connectivity index (χ3n) is 3.12. The zero-order valence-electron chi connectivity index (χ0n) is 12.0. The van der Waals surface area contributed by atoms with Gasteiger partial charge in [0.05, 0.1) is 0 Å². The number of carbonyl (C=O) groups excluding carboxylic acids is 1. The number of benzene rings is 1. The van der Waals surface area contributed by atoms with Gasteiger partial charge in [0.15, 0.2) is 0 Å². The maximum absolute atomic E-state index is 11.6. The summed E-state index contributed by atoms with van der Waals surface area (Å²) in [5.74, 6) is -0.999. The molecule has 2 amide bonds. The van der Waals surface area contributed by atoms with Crippen molar-refractivity contribution in [3.05, 3.63) is 35.4 Å². The molecule has 20 heavy (non-hydrogen) atoms. The number of nitrogens with one attached hydrogen (secondary N) is 2. The van der Waals surface area contributed by atoms with E-state index in [1.54, 1.807) is 0 Å². The molecule has 1 aromatic rings. The van der Waals surface area contributed by atoms with Crippen molar-refractivity contribution in [1.82, 2.24) is 10.6 Å². The lowest BCUT2D eigenvalue weighted by molar-refractivity contribution is -0.139. The van der Waals surface area contributed by atoms with E-state index >= 15 is 0 Å². The first-order valence-electron chi connectivity index (χ1n) is 6.86. The smallest absolute Gasteiger partial charge is 0.326 e. The number of amides is 2. The minimum Gasteiger partial charge on any atom is -0.480 e. The van der Waals surface area contributed by atoms with Crippen LogP contribution in [0.4, 0.5) is 4.79 Å². The van der Waals surface area contributed by atoms with Gasteiger partial charge in [-0.05, 0) is 30.9 Å². The van der Waals surface area contributed by atoms with Gasteiger partial charge in [-0.3, -0.25) is 0 Å². The summed E-state index contributed by atoms with van der Waals surface area (Å²) >= 11 is 0. The molecule has 0 saturated carbocycles. The first-order valence-corrected chi connectivity index (χ1v) is 6.86. The van der Waals surface area contributed by atoms with Crippen LogP contribution in [0.3, 0.4) is 0 Å². The highest BCUT2D eigenvalue weighted by atomic mass is 16.4. The lowest BCUT2D eigenvalue weighted by atomic mass is 10.1. The summed E-state index contributed by atoms with van der Waals surface area (Å²) in [6.45, 7) is 4.39. The molecular weight excluding hydrogens is 256 g/mol. The highest BCUT2D eigenvalue weighted by Crippen LogP contribution is 2.06. The van der Waals surface area contributed by atoms with E-state index in [2.05, 4.69) is 10.6 Å². The largest absolute Gasteiger partial charge is 0.480 e. The number of carboxylic acid groups (broad SMARTS) is 1. The Bertz CT molecular complexity index is 460. The van der Waals surface area contributed by atoms with Crippen LogP contribution in [0.25, 0.3) is 0 Å². The minimum absolute atomic E-state index is 0.431. The summed E-state index contributed by atoms with van der Waals surface area (Å²) in [5.41, 5.74) is 2.36. The maximum atomic E-state index is 11.6. The van der Waals surface area contributed by atoms with E-state index in [0.29, 0.717) is 19.4 Å². The topological polar surface area (TPSA) is 78.4 Å². The van der Waals surface area contributed by atoms with Crippen molar-refractivity contribution in [2.75, 3.05) is 6.54 Å². The third kappa shape index (κ3) is 5.30. The van der Waals surface area contributed by atoms with Gasteiger partial charge in [-0.2, -0.15) is 0 Å². The Hall–Kier alpha value is -2.04. The van der Waals surface area contributed by atoms with Crippen LogP contribution in [0.2, 0.25) is 0 Å². The van der Waals surface area contributed by atoms with Crippen molar-refractivity contribution in [3.63, 3.8) is 0 Å². The quantitative estimate of drug-likeness (QED) is 0.714. The normalized spacial score (nSPS) is 11.7. The predicted octanol–water partition coefficient (Wildman–Crippen LogP) is 2.09. The van der Waals surface area contributed by atoms with E-state index in [0.717, 1.165) is 6.42 Å². The monoisotopic (exact) mass is 278 g/mol. The molecule has 5 heteroatoms. The molecule has 3 N–H and O–H groups in total. The van der Waals surface area contributed by atoms with Crippen molar-refractivity contribution < 1.29 is 14.7 Å². The van der Waals surface area contributed by atoms with E-state index in [1.807, 2.05) is 38.1 Å². The Balaban J connectivity index is 2.36. The number of aliphatic carboxylic acids is 1. The molecule has 1 rings (SSSR count). The lowest BCUT2D eigenvalue weighted by Crippen LogP contribution is -2.46. The Kier molecular flexibility index (Phi) is 6.56. The molecule has 110 valence electrons. The maximum Gasteiger partial charge on any atom is 0.326 e. The molecule has 0 saturated heterocycles. The second kappa shape index (κ2) is 8.19. The molecule has 0 aliphatic rings. The third-order valence-corrected chi connectivity index (χ3v) is 3.12. The summed E-state index contributed by atoms with van der Waals surface area (Å²) in [7, 11) is 0. The Labute approximate surface area is 119 Å². The first-order chi connectivity index (χ1) is 9.54. The van der Waals surface area contributed by atoms with Gasteiger partial charge in [0, 0.05) is 6.54 Å². The number of carbonyl (C=O) groups is 2. The molecule has 0 bridgehead atoms. The number of aryl methyl sites for hydroxylation is 1. The summed E-state index contributed by atoms with van der Waals surface area (Å²) < 4.78 is 0. The summed E-state index contributed by atoms with van der Waals surface area (Å²) in [5, 5.41) is 14.1. The van der Waals surface area contributed by atoms with E-state index in [4.69, 9.17) is 5.11 Å². The van der Waals surface area contributed by atoms with E-state index in [1.165, 1.54) is 11.1 Å². The second-order valence-corrected chi connectivity index (χ2v) is 4.76. The molecule has 0 spiro atoms. The van der Waals surface area contributed by atoms with Crippen LogP contribution in [0, 0.1) is 6.92 Å². The molecule has 1 aromatic carbocycles. The van der Waals surface area contributed by atoms with Gasteiger partial charge < -0.3 is 15.7 Å². The molecule has 0 radical (unpaired) electrons. The van der Waals surface area contributed by atoms with Gasteiger partial charge in [0.1, 0.15) is 6.04 Å². The highest BCUT2D eigenvalue weighted by molar-refractivity contribution is 5.82. The molecule has 0 aromatic heterocycles. The number of urea groups is 1. The molecule has 1 atom stereocenters. The van der Waals surface area contributed by atoms with Crippen LogP contribution in [-0.4, -0.2) is 29.7 Å². The Morgan fingerprint density at radius 2 is 2.00 bits per heavy atom. The molecule has 1 unspecified atom stereocenters. The Morgan fingerprint density at radius 1 is 1.30 bits per heavy atom. The first kappa shape index (κ1) is 16.0. The van der Waals surface area contributed by atoms with E-state index in [9.17, 15) is 9.59 Å². The number of carboxylic acids is 1. The Morgan fingerprint density at radius 3 is 2.60 bits per heavy atom. The lowest BCUT2D eigenvalue weighted by Gasteiger charge is -2.14. The van der Waals surface area contributed by atoms with Crippen molar-refractivity contribution in [1.29, 1.82) is 0 Å². The molecule has 0 heterocycles.